The highest BCUT2D eigenvalue weighted by atomic mass is 79.9. The number of H-pyrrole nitrogens is 1. The second-order valence-corrected chi connectivity index (χ2v) is 16.9. The summed E-state index contributed by atoms with van der Waals surface area (Å²) < 4.78 is 6.88. The van der Waals surface area contributed by atoms with Gasteiger partial charge in [0.15, 0.2) is 0 Å². The van der Waals surface area contributed by atoms with Gasteiger partial charge in [-0.25, -0.2) is 24.5 Å². The Balaban J connectivity index is 0.000000165. The minimum atomic E-state index is -1.05. The van der Waals surface area contributed by atoms with Crippen molar-refractivity contribution < 1.29 is 24.2 Å². The Morgan fingerprint density at radius 3 is 2.00 bits per heavy atom. The first-order valence-electron chi connectivity index (χ1n) is 18.6. The molecular formula is C47H41Br2Cl2N9O5S. The Labute approximate surface area is 410 Å². The maximum absolute atomic E-state index is 10.6. The molecule has 0 bridgehead atoms. The molecule has 338 valence electrons. The molecule has 5 aromatic heterocycles. The summed E-state index contributed by atoms with van der Waals surface area (Å²) in [5.74, 6) is -0.608. The minimum absolute atomic E-state index is 0. The first-order chi connectivity index (χ1) is 30.4. The molecule has 0 atom stereocenters. The number of benzene rings is 4. The van der Waals surface area contributed by atoms with Crippen LogP contribution < -0.4 is 10.6 Å². The largest absolute Gasteiger partial charge is 0.477 e. The summed E-state index contributed by atoms with van der Waals surface area (Å²) in [5.41, 5.74) is 8.35. The standard InChI is InChI=1S/C14H9ClN4S.C12H9ClN4.C9H6BrNO2.C9H5BrO3.3CH4/c15-14-18-12(11-3-4-20-13(11)19-14)17-10-2-1-8-6-16-7-9(8)5-10;13-12-15-4-3-11(17-12)16-10-2-1-8-6-14-7-9(8)5-10;10-6-2-1-5-3-8(9(12)13)11-7(5)4-6;10-6-2-1-5-3-8(9(11)12)13-7(5)4-6;;;/h1-5,7H,6H2,(H,17,18,19);1-5,7H,6H2,(H,15,16,17);1-4,11H,(H,12,13);1-4H,(H,11,12);3*1H4. The van der Waals surface area contributed by atoms with E-state index >= 15 is 0 Å². The lowest BCUT2D eigenvalue weighted by Crippen LogP contribution is -1.97. The van der Waals surface area contributed by atoms with E-state index in [-0.39, 0.29) is 44.3 Å². The summed E-state index contributed by atoms with van der Waals surface area (Å²) in [7, 11) is 0. The molecule has 19 heteroatoms. The third kappa shape index (κ3) is 12.4. The molecule has 7 heterocycles. The van der Waals surface area contributed by atoms with E-state index in [0.717, 1.165) is 76.9 Å². The Bertz CT molecular complexity index is 3160. The number of aliphatic imine (C=N–C) groups is 2. The normalized spacial score (nSPS) is 11.3. The zero-order valence-corrected chi connectivity index (χ0v) is 37.7. The second-order valence-electron chi connectivity index (χ2n) is 13.5. The van der Waals surface area contributed by atoms with Crippen molar-refractivity contribution in [3.63, 3.8) is 0 Å². The summed E-state index contributed by atoms with van der Waals surface area (Å²) in [4.78, 5) is 49.7. The van der Waals surface area contributed by atoms with Crippen LogP contribution in [0.25, 0.3) is 32.1 Å². The molecule has 0 fully saturated rings. The fourth-order valence-electron chi connectivity index (χ4n) is 6.30. The Morgan fingerprint density at radius 2 is 1.35 bits per heavy atom. The highest BCUT2D eigenvalue weighted by Crippen LogP contribution is 2.30. The molecule has 14 nitrogen and oxygen atoms in total. The number of nitrogens with zero attached hydrogens (tertiary/aromatic N) is 6. The van der Waals surface area contributed by atoms with Crippen LogP contribution in [0, 0.1) is 0 Å². The van der Waals surface area contributed by atoms with Gasteiger partial charge in [-0.15, -0.1) is 11.3 Å². The van der Waals surface area contributed by atoms with Crippen LogP contribution >= 0.6 is 66.4 Å². The number of carboxylic acids is 2. The zero-order valence-electron chi connectivity index (χ0n) is 32.2. The summed E-state index contributed by atoms with van der Waals surface area (Å²) in [6.45, 7) is 1.54. The molecule has 0 amide bonds. The van der Waals surface area contributed by atoms with Crippen molar-refractivity contribution in [2.75, 3.05) is 10.6 Å². The molecule has 0 unspecified atom stereocenters. The number of carbonyl (C=O) groups is 2. The van der Waals surface area contributed by atoms with E-state index in [1.54, 1.807) is 41.8 Å². The Morgan fingerprint density at radius 1 is 0.697 bits per heavy atom. The number of aromatic nitrogens is 5. The average Bonchev–Trinajstić information content (AvgIpc) is 4.11. The number of nitrogens with one attached hydrogen (secondary N) is 3. The van der Waals surface area contributed by atoms with Crippen LogP contribution in [-0.4, -0.2) is 59.5 Å². The lowest BCUT2D eigenvalue weighted by molar-refractivity contribution is 0.0661. The Kier molecular flexibility index (Phi) is 17.3. The maximum Gasteiger partial charge on any atom is 0.371 e. The van der Waals surface area contributed by atoms with Gasteiger partial charge in [0.2, 0.25) is 16.3 Å². The van der Waals surface area contributed by atoms with Gasteiger partial charge < -0.3 is 30.2 Å². The SMILES string of the molecule is C.C.C.Clc1nc(Nc2ccc3c(c2)C=NC3)c2ccsc2n1.Clc1nccc(Nc2ccc3c(c2)C=NC3)n1.O=C(O)c1cc2ccc(Br)cc2[nH]1.O=C(O)c1cc2ccc(Br)cc2o1. The summed E-state index contributed by atoms with van der Waals surface area (Å²) in [6.07, 6.45) is 5.40. The zero-order chi connectivity index (χ0) is 44.0. The number of furan rings is 1. The van der Waals surface area contributed by atoms with Gasteiger partial charge in [0.25, 0.3) is 0 Å². The summed E-state index contributed by atoms with van der Waals surface area (Å²) in [6, 6.07) is 30.1. The third-order valence-electron chi connectivity index (χ3n) is 9.24. The van der Waals surface area contributed by atoms with Gasteiger partial charge in [-0.2, -0.15) is 4.98 Å². The third-order valence-corrected chi connectivity index (χ3v) is 11.4. The minimum Gasteiger partial charge on any atom is -0.477 e. The number of anilines is 4. The van der Waals surface area contributed by atoms with E-state index in [9.17, 15) is 9.59 Å². The molecule has 0 saturated heterocycles. The van der Waals surface area contributed by atoms with Crippen molar-refractivity contribution in [3.05, 3.63) is 162 Å². The molecule has 4 aromatic carbocycles. The molecular weight excluding hydrogens is 1030 g/mol. The average molecular weight is 1070 g/mol. The van der Waals surface area contributed by atoms with Crippen LogP contribution in [0.15, 0.2) is 132 Å². The van der Waals surface area contributed by atoms with Crippen molar-refractivity contribution >= 4 is 146 Å². The van der Waals surface area contributed by atoms with Crippen molar-refractivity contribution in [2.45, 2.75) is 35.4 Å². The quantitative estimate of drug-likeness (QED) is 0.0991. The first kappa shape index (κ1) is 50.5. The topological polar surface area (TPSA) is 204 Å². The number of thiophene rings is 1. The molecule has 2 aliphatic heterocycles. The van der Waals surface area contributed by atoms with E-state index in [2.05, 4.69) is 95.6 Å². The molecule has 0 aliphatic carbocycles. The van der Waals surface area contributed by atoms with Crippen LogP contribution in [0.5, 0.6) is 0 Å². The van der Waals surface area contributed by atoms with Crippen LogP contribution in [0.3, 0.4) is 0 Å². The second kappa shape index (κ2) is 22.6. The lowest BCUT2D eigenvalue weighted by Gasteiger charge is -2.08. The monoisotopic (exact) mass is 1070 g/mol. The Hall–Kier alpha value is -6.50. The van der Waals surface area contributed by atoms with E-state index in [1.165, 1.54) is 17.2 Å². The van der Waals surface area contributed by atoms with Gasteiger partial charge in [-0.3, -0.25) is 9.98 Å². The number of aromatic amines is 1. The predicted octanol–water partition coefficient (Wildman–Crippen LogP) is 14.3. The van der Waals surface area contributed by atoms with Crippen LogP contribution in [0.1, 0.15) is 65.6 Å². The van der Waals surface area contributed by atoms with Gasteiger partial charge in [0, 0.05) is 55.2 Å². The van der Waals surface area contributed by atoms with Crippen LogP contribution in [-0.2, 0) is 13.1 Å². The van der Waals surface area contributed by atoms with Crippen molar-refractivity contribution in [1.29, 1.82) is 0 Å². The molecule has 0 saturated carbocycles. The fourth-order valence-corrected chi connectivity index (χ4v) is 8.13. The number of halogens is 4. The predicted molar refractivity (Wildman–Crippen MR) is 276 cm³/mol. The number of aromatic carboxylic acids is 2. The van der Waals surface area contributed by atoms with Crippen LogP contribution in [0.4, 0.5) is 23.0 Å². The van der Waals surface area contributed by atoms with Gasteiger partial charge in [-0.1, -0.05) is 72.3 Å². The maximum atomic E-state index is 10.6. The van der Waals surface area contributed by atoms with Crippen molar-refractivity contribution in [3.8, 4) is 0 Å². The molecule has 66 heavy (non-hydrogen) atoms. The highest BCUT2D eigenvalue weighted by Gasteiger charge is 2.13. The summed E-state index contributed by atoms with van der Waals surface area (Å²) in [5, 5.41) is 29.0. The number of carboxylic acid groups (broad SMARTS) is 2. The van der Waals surface area contributed by atoms with Gasteiger partial charge >= 0.3 is 11.9 Å². The van der Waals surface area contributed by atoms with Crippen LogP contribution in [0.2, 0.25) is 10.6 Å². The van der Waals surface area contributed by atoms with Gasteiger partial charge in [0.1, 0.15) is 27.7 Å². The highest BCUT2D eigenvalue weighted by molar-refractivity contribution is 9.10. The molecule has 5 N–H and O–H groups in total. The van der Waals surface area contributed by atoms with E-state index in [0.29, 0.717) is 11.4 Å². The van der Waals surface area contributed by atoms with Crippen molar-refractivity contribution in [1.82, 2.24) is 24.9 Å². The molecule has 0 spiro atoms. The van der Waals surface area contributed by atoms with E-state index in [4.69, 9.17) is 37.8 Å². The molecule has 11 rings (SSSR count). The van der Waals surface area contributed by atoms with Crippen molar-refractivity contribution in [2.24, 2.45) is 9.98 Å². The molecule has 9 aromatic rings. The molecule has 0 radical (unpaired) electrons. The number of hydrogen-bond acceptors (Lipinski definition) is 12. The van der Waals surface area contributed by atoms with Gasteiger partial charge in [0.05, 0.1) is 18.5 Å². The fraction of sp³-hybridized carbons (Fsp3) is 0.106. The van der Waals surface area contributed by atoms with Gasteiger partial charge in [-0.05, 0) is 130 Å². The first-order valence-corrected chi connectivity index (χ1v) is 21.8. The van der Waals surface area contributed by atoms with E-state index < -0.39 is 11.9 Å². The number of hydrogen-bond donors (Lipinski definition) is 5. The number of rotatable bonds is 6. The lowest BCUT2D eigenvalue weighted by atomic mass is 10.1. The number of fused-ring (bicyclic) bond motifs is 5. The smallest absolute Gasteiger partial charge is 0.371 e. The summed E-state index contributed by atoms with van der Waals surface area (Å²) >= 11 is 19.8. The molecule has 2 aliphatic rings. The van der Waals surface area contributed by atoms with E-state index in [1.807, 2.05) is 66.3 Å².